The van der Waals surface area contributed by atoms with Gasteiger partial charge in [0.25, 0.3) is 0 Å². The molecule has 0 amide bonds. The van der Waals surface area contributed by atoms with E-state index in [0.717, 1.165) is 50.0 Å². The SMILES string of the molecule is O=C(O)C1CC2(CCNCC2)CN1Cc1cccc2nonc12. The minimum Gasteiger partial charge on any atom is -0.480 e. The van der Waals surface area contributed by atoms with E-state index in [2.05, 4.69) is 20.5 Å². The van der Waals surface area contributed by atoms with Crippen molar-refractivity contribution in [1.29, 1.82) is 0 Å². The Morgan fingerprint density at radius 2 is 2.22 bits per heavy atom. The van der Waals surface area contributed by atoms with Gasteiger partial charge in [0.1, 0.15) is 17.1 Å². The number of hydrogen-bond donors (Lipinski definition) is 2. The van der Waals surface area contributed by atoms with E-state index < -0.39 is 12.0 Å². The van der Waals surface area contributed by atoms with Crippen LogP contribution >= 0.6 is 0 Å². The van der Waals surface area contributed by atoms with Crippen molar-refractivity contribution in [2.45, 2.75) is 31.8 Å². The molecule has 1 atom stereocenters. The molecule has 122 valence electrons. The first-order valence-electron chi connectivity index (χ1n) is 8.05. The topological polar surface area (TPSA) is 91.5 Å². The van der Waals surface area contributed by atoms with Crippen molar-refractivity contribution < 1.29 is 14.5 Å². The molecule has 0 saturated carbocycles. The molecule has 7 heteroatoms. The Morgan fingerprint density at radius 1 is 1.39 bits per heavy atom. The minimum atomic E-state index is -0.731. The lowest BCUT2D eigenvalue weighted by molar-refractivity contribution is -0.142. The summed E-state index contributed by atoms with van der Waals surface area (Å²) in [7, 11) is 0. The summed E-state index contributed by atoms with van der Waals surface area (Å²) in [5, 5.41) is 20.8. The zero-order valence-corrected chi connectivity index (χ0v) is 12.9. The average Bonchev–Trinajstić information content (AvgIpc) is 3.14. The number of carboxylic acids is 1. The number of nitrogens with one attached hydrogen (secondary N) is 1. The Hall–Kier alpha value is -1.99. The van der Waals surface area contributed by atoms with Crippen LogP contribution in [0.15, 0.2) is 22.8 Å². The second kappa shape index (κ2) is 5.58. The standard InChI is InChI=1S/C16H20N4O3/c21-15(22)13-8-16(4-6-17-7-5-16)10-20(13)9-11-2-1-3-12-14(11)19-23-18-12/h1-3,13,17H,4-10H2,(H,21,22). The molecule has 2 aliphatic heterocycles. The van der Waals surface area contributed by atoms with Crippen LogP contribution in [0, 0.1) is 5.41 Å². The highest BCUT2D eigenvalue weighted by molar-refractivity contribution is 5.77. The van der Waals surface area contributed by atoms with Crippen LogP contribution in [0.1, 0.15) is 24.8 Å². The number of rotatable bonds is 3. The van der Waals surface area contributed by atoms with Crippen molar-refractivity contribution in [2.24, 2.45) is 5.41 Å². The van der Waals surface area contributed by atoms with E-state index in [1.54, 1.807) is 0 Å². The molecule has 3 heterocycles. The highest BCUT2D eigenvalue weighted by Crippen LogP contribution is 2.42. The highest BCUT2D eigenvalue weighted by atomic mass is 16.6. The largest absolute Gasteiger partial charge is 0.480 e. The molecule has 1 aromatic heterocycles. The van der Waals surface area contributed by atoms with Crippen LogP contribution < -0.4 is 5.32 Å². The third kappa shape index (κ3) is 2.60. The maximum absolute atomic E-state index is 11.7. The van der Waals surface area contributed by atoms with Crippen LogP contribution in [-0.2, 0) is 11.3 Å². The molecule has 1 aromatic carbocycles. The van der Waals surface area contributed by atoms with Gasteiger partial charge >= 0.3 is 5.97 Å². The van der Waals surface area contributed by atoms with Crippen LogP contribution in [0.5, 0.6) is 0 Å². The lowest BCUT2D eigenvalue weighted by Gasteiger charge is -2.33. The van der Waals surface area contributed by atoms with Gasteiger partial charge in [0.05, 0.1) is 0 Å². The van der Waals surface area contributed by atoms with Gasteiger partial charge in [-0.05, 0) is 59.7 Å². The summed E-state index contributed by atoms with van der Waals surface area (Å²) in [6.45, 7) is 3.34. The summed E-state index contributed by atoms with van der Waals surface area (Å²) in [5.74, 6) is -0.731. The van der Waals surface area contributed by atoms with E-state index >= 15 is 0 Å². The van der Waals surface area contributed by atoms with E-state index in [9.17, 15) is 9.90 Å². The summed E-state index contributed by atoms with van der Waals surface area (Å²) in [4.78, 5) is 13.8. The molecule has 2 fully saturated rings. The number of aliphatic carboxylic acids is 1. The Morgan fingerprint density at radius 3 is 3.00 bits per heavy atom. The molecule has 23 heavy (non-hydrogen) atoms. The average molecular weight is 316 g/mol. The van der Waals surface area contributed by atoms with Crippen molar-refractivity contribution in [3.05, 3.63) is 23.8 Å². The molecule has 2 saturated heterocycles. The van der Waals surface area contributed by atoms with E-state index in [1.165, 1.54) is 0 Å². The molecule has 2 N–H and O–H groups in total. The van der Waals surface area contributed by atoms with Crippen molar-refractivity contribution in [2.75, 3.05) is 19.6 Å². The van der Waals surface area contributed by atoms with E-state index in [-0.39, 0.29) is 5.41 Å². The Labute approximate surface area is 133 Å². The molecular weight excluding hydrogens is 296 g/mol. The van der Waals surface area contributed by atoms with Gasteiger partial charge in [-0.1, -0.05) is 12.1 Å². The zero-order chi connectivity index (χ0) is 15.9. The molecule has 0 radical (unpaired) electrons. The summed E-state index contributed by atoms with van der Waals surface area (Å²) < 4.78 is 4.81. The van der Waals surface area contributed by atoms with Crippen LogP contribution in [0.4, 0.5) is 0 Å². The Balaban J connectivity index is 1.61. The number of fused-ring (bicyclic) bond motifs is 1. The van der Waals surface area contributed by atoms with Crippen molar-refractivity contribution in [1.82, 2.24) is 20.5 Å². The maximum Gasteiger partial charge on any atom is 0.320 e. The van der Waals surface area contributed by atoms with Crippen LogP contribution in [0.3, 0.4) is 0 Å². The first-order valence-corrected chi connectivity index (χ1v) is 8.05. The van der Waals surface area contributed by atoms with Gasteiger partial charge in [0.2, 0.25) is 0 Å². The third-order valence-corrected chi connectivity index (χ3v) is 5.30. The molecule has 2 aromatic rings. The summed E-state index contributed by atoms with van der Waals surface area (Å²) in [5.41, 5.74) is 2.54. The first-order chi connectivity index (χ1) is 11.2. The Bertz CT molecular complexity index is 723. The fraction of sp³-hybridized carbons (Fsp3) is 0.562. The van der Waals surface area contributed by atoms with Gasteiger partial charge in [0, 0.05) is 13.1 Å². The highest BCUT2D eigenvalue weighted by Gasteiger charge is 2.47. The zero-order valence-electron chi connectivity index (χ0n) is 12.9. The predicted octanol–water partition coefficient (Wildman–Crippen LogP) is 1.25. The monoisotopic (exact) mass is 316 g/mol. The number of aromatic nitrogens is 2. The Kier molecular flexibility index (Phi) is 3.54. The van der Waals surface area contributed by atoms with Crippen LogP contribution in [0.25, 0.3) is 11.0 Å². The fourth-order valence-electron chi connectivity index (χ4n) is 4.08. The maximum atomic E-state index is 11.7. The number of likely N-dealkylation sites (tertiary alicyclic amines) is 1. The molecule has 1 spiro atoms. The van der Waals surface area contributed by atoms with Gasteiger partial charge in [0.15, 0.2) is 0 Å². The van der Waals surface area contributed by atoms with Crippen molar-refractivity contribution in [3.63, 3.8) is 0 Å². The van der Waals surface area contributed by atoms with Gasteiger partial charge in [-0.15, -0.1) is 0 Å². The van der Waals surface area contributed by atoms with Gasteiger partial charge < -0.3 is 10.4 Å². The molecule has 7 nitrogen and oxygen atoms in total. The fourth-order valence-corrected chi connectivity index (χ4v) is 4.08. The van der Waals surface area contributed by atoms with Crippen LogP contribution in [-0.4, -0.2) is 52.0 Å². The lowest BCUT2D eigenvalue weighted by Crippen LogP contribution is -2.38. The summed E-state index contributed by atoms with van der Waals surface area (Å²) >= 11 is 0. The molecule has 0 bridgehead atoms. The normalized spacial score (nSPS) is 24.4. The third-order valence-electron chi connectivity index (χ3n) is 5.30. The van der Waals surface area contributed by atoms with Crippen molar-refractivity contribution >= 4 is 17.0 Å². The van der Waals surface area contributed by atoms with Gasteiger partial charge in [-0.2, -0.15) is 0 Å². The summed E-state index contributed by atoms with van der Waals surface area (Å²) in [6, 6.07) is 5.30. The molecular formula is C16H20N4O3. The van der Waals surface area contributed by atoms with Crippen molar-refractivity contribution in [3.8, 4) is 0 Å². The van der Waals surface area contributed by atoms with Crippen LogP contribution in [0.2, 0.25) is 0 Å². The molecule has 0 aliphatic carbocycles. The van der Waals surface area contributed by atoms with E-state index in [1.807, 2.05) is 18.2 Å². The van der Waals surface area contributed by atoms with Gasteiger partial charge in [-0.3, -0.25) is 9.69 Å². The van der Waals surface area contributed by atoms with Gasteiger partial charge in [-0.25, -0.2) is 4.63 Å². The lowest BCUT2D eigenvalue weighted by atomic mass is 9.77. The second-order valence-corrected chi connectivity index (χ2v) is 6.76. The molecule has 1 unspecified atom stereocenters. The number of nitrogens with zero attached hydrogens (tertiary/aromatic N) is 3. The number of benzene rings is 1. The molecule has 4 rings (SSSR count). The number of carbonyl (C=O) groups is 1. The predicted molar refractivity (Wildman–Crippen MR) is 82.8 cm³/mol. The second-order valence-electron chi connectivity index (χ2n) is 6.76. The smallest absolute Gasteiger partial charge is 0.320 e. The number of piperidine rings is 1. The molecule has 2 aliphatic rings. The summed E-state index contributed by atoms with van der Waals surface area (Å²) in [6.07, 6.45) is 2.82. The minimum absolute atomic E-state index is 0.129. The number of carboxylic acid groups (broad SMARTS) is 1. The van der Waals surface area contributed by atoms with E-state index in [0.29, 0.717) is 12.1 Å². The number of hydrogen-bond acceptors (Lipinski definition) is 6. The first kappa shape index (κ1) is 14.6. The van der Waals surface area contributed by atoms with E-state index in [4.69, 9.17) is 4.63 Å². The quantitative estimate of drug-likeness (QED) is 0.880.